The van der Waals surface area contributed by atoms with Gasteiger partial charge in [0.15, 0.2) is 5.69 Å². The topological polar surface area (TPSA) is 102 Å². The van der Waals surface area contributed by atoms with E-state index >= 15 is 0 Å². The van der Waals surface area contributed by atoms with Crippen LogP contribution in [0, 0.1) is 11.3 Å². The summed E-state index contributed by atoms with van der Waals surface area (Å²) in [4.78, 5) is 14.5. The van der Waals surface area contributed by atoms with Crippen LogP contribution in [-0.2, 0) is 0 Å². The van der Waals surface area contributed by atoms with Crippen LogP contribution in [-0.4, -0.2) is 10.1 Å². The molecule has 7 heteroatoms. The summed E-state index contributed by atoms with van der Waals surface area (Å²) in [5.74, 6) is -0.494. The monoisotopic (exact) mass is 394 g/mol. The van der Waals surface area contributed by atoms with Crippen LogP contribution >= 0.6 is 15.9 Å². The number of hydrogen-bond donors (Lipinski definition) is 2. The maximum Gasteiger partial charge on any atom is 0.279 e. The fourth-order valence-corrected chi connectivity index (χ4v) is 2.67. The van der Waals surface area contributed by atoms with E-state index in [1.165, 1.54) is 0 Å². The number of aromatic hydroxyl groups is 1. The van der Waals surface area contributed by atoms with Gasteiger partial charge in [-0.25, -0.2) is 0 Å². The average Bonchev–Trinajstić information content (AvgIpc) is 2.62. The number of aromatic amines is 1. The van der Waals surface area contributed by atoms with Crippen LogP contribution in [0.2, 0.25) is 0 Å². The molecule has 0 radical (unpaired) electrons. The minimum absolute atomic E-state index is 0.0451. The van der Waals surface area contributed by atoms with Crippen molar-refractivity contribution in [2.45, 2.75) is 0 Å². The van der Waals surface area contributed by atoms with E-state index in [-0.39, 0.29) is 16.8 Å². The van der Waals surface area contributed by atoms with Crippen LogP contribution in [0.25, 0.3) is 11.1 Å². The van der Waals surface area contributed by atoms with E-state index in [1.54, 1.807) is 42.5 Å². The van der Waals surface area contributed by atoms with Crippen LogP contribution in [0.5, 0.6) is 5.88 Å². The summed E-state index contributed by atoms with van der Waals surface area (Å²) in [6.07, 6.45) is 0. The van der Waals surface area contributed by atoms with E-state index < -0.39 is 11.4 Å². The summed E-state index contributed by atoms with van der Waals surface area (Å²) < 4.78 is 0.718. The molecule has 1 heterocycles. The molecule has 0 saturated carbocycles. The molecule has 0 unspecified atom stereocenters. The van der Waals surface area contributed by atoms with Gasteiger partial charge >= 0.3 is 0 Å². The van der Waals surface area contributed by atoms with Gasteiger partial charge in [-0.05, 0) is 33.6 Å². The molecule has 6 nitrogen and oxygen atoms in total. The summed E-state index contributed by atoms with van der Waals surface area (Å²) in [5.41, 5.74) is 0.614. The molecule has 2 N–H and O–H groups in total. The van der Waals surface area contributed by atoms with Gasteiger partial charge in [-0.15, -0.1) is 10.2 Å². The molecule has 1 aromatic heterocycles. The highest BCUT2D eigenvalue weighted by Gasteiger charge is 2.19. The van der Waals surface area contributed by atoms with E-state index in [1.807, 2.05) is 18.2 Å². The maximum atomic E-state index is 12.3. The Morgan fingerprint density at radius 1 is 1.04 bits per heavy atom. The second-order valence-electron chi connectivity index (χ2n) is 5.03. The smallest absolute Gasteiger partial charge is 0.279 e. The first kappa shape index (κ1) is 16.6. The van der Waals surface area contributed by atoms with Gasteiger partial charge in [0.1, 0.15) is 11.6 Å². The second kappa shape index (κ2) is 7.11. The molecule has 0 spiro atoms. The molecule has 0 atom stereocenters. The minimum atomic E-state index is -0.633. The van der Waals surface area contributed by atoms with Crippen LogP contribution in [0.1, 0.15) is 5.56 Å². The molecule has 0 aliphatic heterocycles. The van der Waals surface area contributed by atoms with Crippen molar-refractivity contribution in [1.82, 2.24) is 4.98 Å². The number of nitrogens with zero attached hydrogens (tertiary/aromatic N) is 3. The van der Waals surface area contributed by atoms with Crippen LogP contribution in [0.15, 0.2) is 74.1 Å². The Bertz CT molecular complexity index is 1050. The molecule has 2 aromatic carbocycles. The minimum Gasteiger partial charge on any atom is -0.494 e. The summed E-state index contributed by atoms with van der Waals surface area (Å²) in [6, 6.07) is 17.9. The Kier molecular flexibility index (Phi) is 4.73. The number of H-pyrrole nitrogens is 1. The predicted molar refractivity (Wildman–Crippen MR) is 97.2 cm³/mol. The van der Waals surface area contributed by atoms with Gasteiger partial charge < -0.3 is 5.11 Å². The van der Waals surface area contributed by atoms with Gasteiger partial charge in [-0.1, -0.05) is 42.5 Å². The Hall–Kier alpha value is -3.24. The number of rotatable bonds is 3. The van der Waals surface area contributed by atoms with Crippen molar-refractivity contribution in [1.29, 1.82) is 5.26 Å². The molecule has 25 heavy (non-hydrogen) atoms. The summed E-state index contributed by atoms with van der Waals surface area (Å²) >= 11 is 3.36. The third-order valence-electron chi connectivity index (χ3n) is 3.46. The van der Waals surface area contributed by atoms with Crippen molar-refractivity contribution in [2.24, 2.45) is 10.2 Å². The zero-order valence-electron chi connectivity index (χ0n) is 12.8. The number of benzene rings is 2. The summed E-state index contributed by atoms with van der Waals surface area (Å²) in [5, 5.41) is 27.5. The zero-order chi connectivity index (χ0) is 17.8. The number of hydrogen-bond acceptors (Lipinski definition) is 5. The Morgan fingerprint density at radius 3 is 2.40 bits per heavy atom. The highest BCUT2D eigenvalue weighted by molar-refractivity contribution is 9.10. The van der Waals surface area contributed by atoms with E-state index in [0.29, 0.717) is 11.3 Å². The highest BCUT2D eigenvalue weighted by Crippen LogP contribution is 2.35. The molecular formula is C18H11BrN4O2. The van der Waals surface area contributed by atoms with Crippen molar-refractivity contribution < 1.29 is 5.11 Å². The first-order valence-corrected chi connectivity index (χ1v) is 8.02. The van der Waals surface area contributed by atoms with Crippen molar-refractivity contribution in [2.75, 3.05) is 0 Å². The van der Waals surface area contributed by atoms with Crippen molar-refractivity contribution in [3.05, 3.63) is 75.0 Å². The Labute approximate surface area is 151 Å². The van der Waals surface area contributed by atoms with E-state index in [2.05, 4.69) is 31.1 Å². The molecule has 0 aliphatic rings. The van der Waals surface area contributed by atoms with Crippen LogP contribution in [0.4, 0.5) is 11.4 Å². The SMILES string of the molecule is N#Cc1c(O)[nH]c(=O)c(N=Nc2ccccc2Br)c1-c1ccccc1. The molecule has 0 bridgehead atoms. The molecule has 0 amide bonds. The fraction of sp³-hybridized carbons (Fsp3) is 0. The largest absolute Gasteiger partial charge is 0.494 e. The Morgan fingerprint density at radius 2 is 1.72 bits per heavy atom. The maximum absolute atomic E-state index is 12.3. The lowest BCUT2D eigenvalue weighted by Crippen LogP contribution is -2.08. The van der Waals surface area contributed by atoms with Crippen molar-refractivity contribution in [3.63, 3.8) is 0 Å². The van der Waals surface area contributed by atoms with E-state index in [4.69, 9.17) is 0 Å². The van der Waals surface area contributed by atoms with Gasteiger partial charge in [0.2, 0.25) is 5.88 Å². The van der Waals surface area contributed by atoms with E-state index in [0.717, 1.165) is 4.47 Å². The number of nitriles is 1. The normalized spacial score (nSPS) is 10.7. The standard InChI is InChI=1S/C18H11BrN4O2/c19-13-8-4-5-9-14(13)22-23-16-15(11-6-2-1-3-7-11)12(10-20)17(24)21-18(16)25/h1-9H,(H2,21,24,25). The first-order valence-electron chi connectivity index (χ1n) is 7.23. The van der Waals surface area contributed by atoms with Crippen LogP contribution < -0.4 is 5.56 Å². The quantitative estimate of drug-likeness (QED) is 0.623. The lowest BCUT2D eigenvalue weighted by atomic mass is 10.00. The van der Waals surface area contributed by atoms with Crippen molar-refractivity contribution in [3.8, 4) is 23.1 Å². The van der Waals surface area contributed by atoms with Gasteiger partial charge in [0.25, 0.3) is 5.56 Å². The lowest BCUT2D eigenvalue weighted by Gasteiger charge is -2.08. The molecule has 0 saturated heterocycles. The third kappa shape index (κ3) is 3.34. The summed E-state index contributed by atoms with van der Waals surface area (Å²) in [6.45, 7) is 0. The number of aromatic nitrogens is 1. The average molecular weight is 395 g/mol. The Balaban J connectivity index is 2.25. The lowest BCUT2D eigenvalue weighted by molar-refractivity contribution is 0.450. The van der Waals surface area contributed by atoms with E-state index in [9.17, 15) is 15.2 Å². The first-order chi connectivity index (χ1) is 12.1. The highest BCUT2D eigenvalue weighted by atomic mass is 79.9. The fourth-order valence-electron chi connectivity index (χ4n) is 2.31. The van der Waals surface area contributed by atoms with Gasteiger partial charge in [0.05, 0.1) is 5.69 Å². The molecule has 3 rings (SSSR count). The number of halogens is 1. The number of pyridine rings is 1. The third-order valence-corrected chi connectivity index (χ3v) is 4.13. The molecule has 3 aromatic rings. The summed E-state index contributed by atoms with van der Waals surface area (Å²) in [7, 11) is 0. The molecular weight excluding hydrogens is 384 g/mol. The molecule has 122 valence electrons. The number of azo groups is 1. The van der Waals surface area contributed by atoms with Gasteiger partial charge in [-0.2, -0.15) is 5.26 Å². The molecule has 0 fully saturated rings. The van der Waals surface area contributed by atoms with Crippen molar-refractivity contribution >= 4 is 27.3 Å². The van der Waals surface area contributed by atoms with Gasteiger partial charge in [0, 0.05) is 10.0 Å². The van der Waals surface area contributed by atoms with Crippen LogP contribution in [0.3, 0.4) is 0 Å². The zero-order valence-corrected chi connectivity index (χ0v) is 14.4. The van der Waals surface area contributed by atoms with Gasteiger partial charge in [-0.3, -0.25) is 9.78 Å². The molecule has 0 aliphatic carbocycles. The second-order valence-corrected chi connectivity index (χ2v) is 5.88. The number of nitrogens with one attached hydrogen (secondary N) is 1. The predicted octanol–water partition coefficient (Wildman–Crippen LogP) is 4.80.